The monoisotopic (exact) mass is 412 g/mol. The second-order valence-corrected chi connectivity index (χ2v) is 8.59. The van der Waals surface area contributed by atoms with Crippen LogP contribution in [0.3, 0.4) is 0 Å². The summed E-state index contributed by atoms with van der Waals surface area (Å²) < 4.78 is 17.6. The number of quaternary nitrogens is 1. The molecule has 0 radical (unpaired) electrons. The zero-order chi connectivity index (χ0) is 19.6. The van der Waals surface area contributed by atoms with Crippen LogP contribution in [0, 0.1) is 0 Å². The molecular formula is C22H26N3O3S+. The quantitative estimate of drug-likeness (QED) is 0.675. The Bertz CT molecular complexity index is 1010. The van der Waals surface area contributed by atoms with Gasteiger partial charge in [0, 0.05) is 4.88 Å². The molecule has 1 aliphatic carbocycles. The fraction of sp³-hybridized carbons (Fsp3) is 0.455. The minimum atomic E-state index is 0.596. The minimum absolute atomic E-state index is 0.596. The van der Waals surface area contributed by atoms with E-state index >= 15 is 0 Å². The highest BCUT2D eigenvalue weighted by molar-refractivity contribution is 7.19. The number of morpholine rings is 1. The summed E-state index contributed by atoms with van der Waals surface area (Å²) in [6.45, 7) is 6.96. The van der Waals surface area contributed by atoms with Crippen molar-refractivity contribution >= 4 is 21.6 Å². The van der Waals surface area contributed by atoms with Gasteiger partial charge in [0.2, 0.25) is 5.88 Å². The summed E-state index contributed by atoms with van der Waals surface area (Å²) in [6.07, 6.45) is 3.41. The lowest BCUT2D eigenvalue weighted by Gasteiger charge is -2.23. The third-order valence-corrected chi connectivity index (χ3v) is 6.73. The predicted octanol–water partition coefficient (Wildman–Crippen LogP) is 2.79. The van der Waals surface area contributed by atoms with Gasteiger partial charge >= 0.3 is 0 Å². The van der Waals surface area contributed by atoms with Crippen molar-refractivity contribution in [3.8, 4) is 17.4 Å². The molecule has 5 rings (SSSR count). The van der Waals surface area contributed by atoms with Gasteiger partial charge in [-0.2, -0.15) is 4.98 Å². The third-order valence-electron chi connectivity index (χ3n) is 5.54. The van der Waals surface area contributed by atoms with Crippen LogP contribution in [-0.2, 0) is 24.1 Å². The van der Waals surface area contributed by atoms with Gasteiger partial charge in [-0.25, -0.2) is 4.98 Å². The summed E-state index contributed by atoms with van der Waals surface area (Å²) >= 11 is 1.81. The van der Waals surface area contributed by atoms with Crippen LogP contribution in [0.15, 0.2) is 24.3 Å². The number of nitrogens with one attached hydrogen (secondary N) is 1. The molecule has 0 saturated carbocycles. The van der Waals surface area contributed by atoms with Crippen LogP contribution in [0.25, 0.3) is 10.2 Å². The molecule has 2 aliphatic rings. The Labute approximate surface area is 174 Å². The Kier molecular flexibility index (Phi) is 5.35. The van der Waals surface area contributed by atoms with Gasteiger partial charge in [0.1, 0.15) is 24.5 Å². The van der Waals surface area contributed by atoms with Gasteiger partial charge in [-0.3, -0.25) is 0 Å². The second kappa shape index (κ2) is 8.26. The standard InChI is InChI=1S/C22H25N3O3S/c1-2-27-16-7-3-4-8-17(16)28-21-20-15-6-5-9-18(15)29-22(20)24-19(23-21)14-25-10-12-26-13-11-25/h3-4,7-8H,2,5-6,9-14H2,1H3/p+1. The third kappa shape index (κ3) is 3.82. The van der Waals surface area contributed by atoms with Crippen molar-refractivity contribution in [1.82, 2.24) is 9.97 Å². The Morgan fingerprint density at radius 2 is 1.93 bits per heavy atom. The van der Waals surface area contributed by atoms with Crippen LogP contribution in [0.2, 0.25) is 0 Å². The average Bonchev–Trinajstić information content (AvgIpc) is 3.31. The second-order valence-electron chi connectivity index (χ2n) is 7.50. The molecule has 1 aromatic carbocycles. The lowest BCUT2D eigenvalue weighted by molar-refractivity contribution is -0.922. The van der Waals surface area contributed by atoms with Crippen LogP contribution in [0.5, 0.6) is 17.4 Å². The van der Waals surface area contributed by atoms with Crippen molar-refractivity contribution in [3.05, 3.63) is 40.5 Å². The van der Waals surface area contributed by atoms with Gasteiger partial charge in [-0.05, 0) is 43.9 Å². The molecule has 0 bridgehead atoms. The van der Waals surface area contributed by atoms with E-state index < -0.39 is 0 Å². The van der Waals surface area contributed by atoms with E-state index in [9.17, 15) is 0 Å². The first-order valence-electron chi connectivity index (χ1n) is 10.4. The van der Waals surface area contributed by atoms with Crippen LogP contribution >= 0.6 is 11.3 Å². The molecule has 2 aromatic heterocycles. The molecule has 6 nitrogen and oxygen atoms in total. The molecule has 0 spiro atoms. The minimum Gasteiger partial charge on any atom is -0.490 e. The van der Waals surface area contributed by atoms with E-state index in [4.69, 9.17) is 24.2 Å². The first-order valence-corrected chi connectivity index (χ1v) is 11.3. The largest absolute Gasteiger partial charge is 0.490 e. The van der Waals surface area contributed by atoms with Gasteiger partial charge in [0.05, 0.1) is 25.2 Å². The van der Waals surface area contributed by atoms with Crippen molar-refractivity contribution < 1.29 is 19.1 Å². The molecule has 1 N–H and O–H groups in total. The molecule has 3 aromatic rings. The average molecular weight is 413 g/mol. The topological polar surface area (TPSA) is 57.9 Å². The molecule has 1 fully saturated rings. The molecular weight excluding hydrogens is 386 g/mol. The van der Waals surface area contributed by atoms with E-state index in [-0.39, 0.29) is 0 Å². The highest BCUT2D eigenvalue weighted by Gasteiger charge is 2.25. The zero-order valence-electron chi connectivity index (χ0n) is 16.7. The molecule has 3 heterocycles. The van der Waals surface area contributed by atoms with Gasteiger partial charge in [0.15, 0.2) is 17.3 Å². The first-order chi connectivity index (χ1) is 14.3. The lowest BCUT2D eigenvalue weighted by atomic mass is 10.2. The van der Waals surface area contributed by atoms with Crippen molar-refractivity contribution in [2.75, 3.05) is 32.9 Å². The molecule has 0 unspecified atom stereocenters. The van der Waals surface area contributed by atoms with E-state index in [1.54, 1.807) is 11.3 Å². The van der Waals surface area contributed by atoms with Crippen molar-refractivity contribution in [1.29, 1.82) is 0 Å². The maximum absolute atomic E-state index is 6.39. The number of thiophene rings is 1. The number of hydrogen-bond acceptors (Lipinski definition) is 6. The Hall–Kier alpha value is -2.22. The van der Waals surface area contributed by atoms with Crippen LogP contribution in [-0.4, -0.2) is 42.9 Å². The summed E-state index contributed by atoms with van der Waals surface area (Å²) in [7, 11) is 0. The molecule has 29 heavy (non-hydrogen) atoms. The first kappa shape index (κ1) is 18.8. The molecule has 0 atom stereocenters. The van der Waals surface area contributed by atoms with Gasteiger partial charge < -0.3 is 19.1 Å². The van der Waals surface area contributed by atoms with E-state index in [1.165, 1.54) is 21.8 Å². The molecule has 0 amide bonds. The fourth-order valence-electron chi connectivity index (χ4n) is 4.13. The molecule has 1 saturated heterocycles. The smallest absolute Gasteiger partial charge is 0.232 e. The van der Waals surface area contributed by atoms with E-state index in [1.807, 2.05) is 31.2 Å². The number of rotatable bonds is 6. The number of fused-ring (bicyclic) bond motifs is 3. The molecule has 152 valence electrons. The lowest BCUT2D eigenvalue weighted by Crippen LogP contribution is -3.12. The van der Waals surface area contributed by atoms with Crippen LogP contribution in [0.1, 0.15) is 29.6 Å². The summed E-state index contributed by atoms with van der Waals surface area (Å²) in [4.78, 5) is 13.8. The van der Waals surface area contributed by atoms with Crippen LogP contribution < -0.4 is 14.4 Å². The van der Waals surface area contributed by atoms with Gasteiger partial charge in [-0.15, -0.1) is 11.3 Å². The predicted molar refractivity (Wildman–Crippen MR) is 112 cm³/mol. The maximum Gasteiger partial charge on any atom is 0.232 e. The highest BCUT2D eigenvalue weighted by atomic mass is 32.1. The van der Waals surface area contributed by atoms with E-state index in [0.29, 0.717) is 18.2 Å². The summed E-state index contributed by atoms with van der Waals surface area (Å²) in [5, 5.41) is 1.09. The summed E-state index contributed by atoms with van der Waals surface area (Å²) in [5.74, 6) is 2.97. The fourth-order valence-corrected chi connectivity index (χ4v) is 5.40. The number of nitrogens with zero attached hydrogens (tertiary/aromatic N) is 2. The number of para-hydroxylation sites is 2. The Balaban J connectivity index is 1.55. The number of hydrogen-bond donors (Lipinski definition) is 1. The number of benzene rings is 1. The zero-order valence-corrected chi connectivity index (χ0v) is 17.5. The SMILES string of the molecule is CCOc1ccccc1Oc1nc(C[NH+]2CCOCC2)nc2sc3c(c12)CCC3. The Morgan fingerprint density at radius 1 is 1.10 bits per heavy atom. The van der Waals surface area contributed by atoms with E-state index in [2.05, 4.69) is 0 Å². The maximum atomic E-state index is 6.39. The molecule has 7 heteroatoms. The van der Waals surface area contributed by atoms with Gasteiger partial charge in [-0.1, -0.05) is 12.1 Å². The number of ether oxygens (including phenoxy) is 3. The van der Waals surface area contributed by atoms with Gasteiger partial charge in [0.25, 0.3) is 0 Å². The van der Waals surface area contributed by atoms with Crippen LogP contribution in [0.4, 0.5) is 0 Å². The van der Waals surface area contributed by atoms with E-state index in [0.717, 1.165) is 67.5 Å². The molecule has 1 aliphatic heterocycles. The summed E-state index contributed by atoms with van der Waals surface area (Å²) in [5.41, 5.74) is 1.37. The normalized spacial score (nSPS) is 16.9. The highest BCUT2D eigenvalue weighted by Crippen LogP contribution is 2.42. The number of aromatic nitrogens is 2. The van der Waals surface area contributed by atoms with Crippen molar-refractivity contribution in [2.45, 2.75) is 32.7 Å². The Morgan fingerprint density at radius 3 is 2.76 bits per heavy atom. The number of aryl methyl sites for hydroxylation is 2. The van der Waals surface area contributed by atoms with Crippen molar-refractivity contribution in [2.24, 2.45) is 0 Å². The van der Waals surface area contributed by atoms with Crippen molar-refractivity contribution in [3.63, 3.8) is 0 Å². The summed E-state index contributed by atoms with van der Waals surface area (Å²) in [6, 6.07) is 7.81.